The van der Waals surface area contributed by atoms with Gasteiger partial charge in [-0.25, -0.2) is 0 Å². The molecule has 1 unspecified atom stereocenters. The van der Waals surface area contributed by atoms with Gasteiger partial charge in [0.25, 0.3) is 0 Å². The summed E-state index contributed by atoms with van der Waals surface area (Å²) in [4.78, 5) is 0. The van der Waals surface area contributed by atoms with E-state index in [-0.39, 0.29) is 6.04 Å². The van der Waals surface area contributed by atoms with Gasteiger partial charge in [0.1, 0.15) is 0 Å². The van der Waals surface area contributed by atoms with Gasteiger partial charge in [0.15, 0.2) is 0 Å². The zero-order valence-corrected chi connectivity index (χ0v) is 11.4. The molecule has 1 aliphatic carbocycles. The first kappa shape index (κ1) is 12.9. The Morgan fingerprint density at radius 1 is 1.00 bits per heavy atom. The highest BCUT2D eigenvalue weighted by molar-refractivity contribution is 5.33. The molecule has 2 aromatic rings. The smallest absolute Gasteiger partial charge is 0.0641 e. The van der Waals surface area contributed by atoms with Crippen molar-refractivity contribution in [2.24, 2.45) is 0 Å². The number of fused-ring (bicyclic) bond motifs is 1. The molecule has 0 saturated heterocycles. The van der Waals surface area contributed by atoms with E-state index in [0.717, 1.165) is 12.8 Å². The normalized spacial score (nSPS) is 15.6. The molecular formula is C18H18N2. The van der Waals surface area contributed by atoms with Crippen LogP contribution in [0.25, 0.3) is 0 Å². The van der Waals surface area contributed by atoms with Crippen LogP contribution in [0, 0.1) is 11.3 Å². The first-order valence-corrected chi connectivity index (χ1v) is 7.11. The van der Waals surface area contributed by atoms with E-state index in [1.165, 1.54) is 16.7 Å². The van der Waals surface area contributed by atoms with E-state index in [1.54, 1.807) is 0 Å². The van der Waals surface area contributed by atoms with Crippen LogP contribution in [0.2, 0.25) is 0 Å². The number of rotatable bonds is 4. The maximum atomic E-state index is 9.06. The Labute approximate surface area is 120 Å². The fourth-order valence-electron chi connectivity index (χ4n) is 3.01. The average molecular weight is 262 g/mol. The van der Waals surface area contributed by atoms with Crippen molar-refractivity contribution in [2.45, 2.75) is 31.3 Å². The summed E-state index contributed by atoms with van der Waals surface area (Å²) in [6.45, 7) is 0. The quantitative estimate of drug-likeness (QED) is 0.916. The van der Waals surface area contributed by atoms with Crippen molar-refractivity contribution in [3.8, 4) is 6.07 Å². The van der Waals surface area contributed by atoms with Gasteiger partial charge in [-0.2, -0.15) is 5.26 Å². The van der Waals surface area contributed by atoms with E-state index in [9.17, 15) is 0 Å². The molecule has 0 aromatic heterocycles. The highest BCUT2D eigenvalue weighted by Crippen LogP contribution is 2.25. The molecule has 0 amide bonds. The highest BCUT2D eigenvalue weighted by Gasteiger charge is 2.23. The van der Waals surface area contributed by atoms with E-state index in [1.807, 2.05) is 18.2 Å². The molecule has 3 rings (SSSR count). The fraction of sp³-hybridized carbons (Fsp3) is 0.278. The molecule has 1 atom stereocenters. The second-order valence-corrected chi connectivity index (χ2v) is 5.37. The summed E-state index contributed by atoms with van der Waals surface area (Å²) in [5.41, 5.74) is 4.08. The van der Waals surface area contributed by atoms with Crippen LogP contribution < -0.4 is 5.32 Å². The van der Waals surface area contributed by atoms with E-state index >= 15 is 0 Å². The molecule has 0 aliphatic heterocycles. The third-order valence-corrected chi connectivity index (χ3v) is 3.99. The molecule has 1 N–H and O–H groups in total. The summed E-state index contributed by atoms with van der Waals surface area (Å²) in [6.07, 6.45) is 2.63. The van der Waals surface area contributed by atoms with Gasteiger partial charge in [-0.05, 0) is 29.5 Å². The van der Waals surface area contributed by atoms with Crippen LogP contribution in [0.4, 0.5) is 0 Å². The maximum Gasteiger partial charge on any atom is 0.0641 e. The summed E-state index contributed by atoms with van der Waals surface area (Å²) in [5, 5.41) is 12.7. The Morgan fingerprint density at radius 2 is 1.60 bits per heavy atom. The van der Waals surface area contributed by atoms with Gasteiger partial charge in [0, 0.05) is 12.1 Å². The van der Waals surface area contributed by atoms with Gasteiger partial charge >= 0.3 is 0 Å². The molecule has 1 aliphatic rings. The molecule has 2 aromatic carbocycles. The van der Waals surface area contributed by atoms with E-state index in [0.29, 0.717) is 12.5 Å². The van der Waals surface area contributed by atoms with Crippen molar-refractivity contribution in [3.05, 3.63) is 71.3 Å². The summed E-state index contributed by atoms with van der Waals surface area (Å²) in [5.74, 6) is 0. The summed E-state index contributed by atoms with van der Waals surface area (Å²) >= 11 is 0. The number of hydrogen-bond donors (Lipinski definition) is 1. The first-order chi connectivity index (χ1) is 9.86. The van der Waals surface area contributed by atoms with Crippen LogP contribution >= 0.6 is 0 Å². The minimum Gasteiger partial charge on any atom is -0.306 e. The Kier molecular flexibility index (Phi) is 3.80. The topological polar surface area (TPSA) is 35.8 Å². The second-order valence-electron chi connectivity index (χ2n) is 5.37. The molecule has 20 heavy (non-hydrogen) atoms. The molecule has 0 radical (unpaired) electrons. The molecule has 2 heteroatoms. The summed E-state index contributed by atoms with van der Waals surface area (Å²) in [7, 11) is 0. The van der Waals surface area contributed by atoms with Crippen molar-refractivity contribution in [2.75, 3.05) is 0 Å². The monoisotopic (exact) mass is 262 g/mol. The Bertz CT molecular complexity index is 588. The predicted octanol–water partition coefficient (Wildman–Crippen LogP) is 3.40. The number of nitrogens with zero attached hydrogens (tertiary/aromatic N) is 1. The third-order valence-electron chi connectivity index (χ3n) is 3.99. The number of nitrogens with one attached hydrogen (secondary N) is 1. The van der Waals surface area contributed by atoms with E-state index in [4.69, 9.17) is 5.26 Å². The van der Waals surface area contributed by atoms with Crippen LogP contribution in [0.5, 0.6) is 0 Å². The van der Waals surface area contributed by atoms with Crippen LogP contribution in [-0.4, -0.2) is 6.04 Å². The van der Waals surface area contributed by atoms with Crippen molar-refractivity contribution in [3.63, 3.8) is 0 Å². The molecule has 0 spiro atoms. The van der Waals surface area contributed by atoms with Crippen LogP contribution in [-0.2, 0) is 12.8 Å². The van der Waals surface area contributed by atoms with Crippen molar-refractivity contribution >= 4 is 0 Å². The van der Waals surface area contributed by atoms with Crippen LogP contribution in [0.3, 0.4) is 0 Å². The van der Waals surface area contributed by atoms with E-state index < -0.39 is 0 Å². The lowest BCUT2D eigenvalue weighted by atomic mass is 10.0. The third kappa shape index (κ3) is 2.74. The second kappa shape index (κ2) is 5.90. The lowest BCUT2D eigenvalue weighted by Crippen LogP contribution is -2.33. The SMILES string of the molecule is N#CCC(NC1Cc2ccccc2C1)c1ccccc1. The first-order valence-electron chi connectivity index (χ1n) is 7.11. The minimum atomic E-state index is 0.125. The summed E-state index contributed by atoms with van der Waals surface area (Å²) in [6, 6.07) is 21.7. The molecule has 0 fully saturated rings. The Hall–Kier alpha value is -2.11. The maximum absolute atomic E-state index is 9.06. The van der Waals surface area contributed by atoms with Crippen molar-refractivity contribution in [1.29, 1.82) is 5.26 Å². The minimum absolute atomic E-state index is 0.125. The lowest BCUT2D eigenvalue weighted by molar-refractivity contribution is 0.449. The number of hydrogen-bond acceptors (Lipinski definition) is 2. The van der Waals surface area contributed by atoms with Gasteiger partial charge in [-0.3, -0.25) is 0 Å². The molecule has 0 heterocycles. The Morgan fingerprint density at radius 3 is 2.20 bits per heavy atom. The zero-order chi connectivity index (χ0) is 13.8. The van der Waals surface area contributed by atoms with Gasteiger partial charge in [0.2, 0.25) is 0 Å². The standard InChI is InChI=1S/C18H18N2/c19-11-10-18(14-6-2-1-3-7-14)20-17-12-15-8-4-5-9-16(15)13-17/h1-9,17-18,20H,10,12-13H2. The predicted molar refractivity (Wildman–Crippen MR) is 80.2 cm³/mol. The van der Waals surface area contributed by atoms with Gasteiger partial charge in [-0.15, -0.1) is 0 Å². The molecule has 2 nitrogen and oxygen atoms in total. The van der Waals surface area contributed by atoms with Gasteiger partial charge < -0.3 is 5.32 Å². The lowest BCUT2D eigenvalue weighted by Gasteiger charge is -2.21. The number of benzene rings is 2. The van der Waals surface area contributed by atoms with Gasteiger partial charge in [-0.1, -0.05) is 54.6 Å². The molecule has 0 bridgehead atoms. The fourth-order valence-corrected chi connectivity index (χ4v) is 3.01. The molecule has 100 valence electrons. The Balaban J connectivity index is 1.72. The zero-order valence-electron chi connectivity index (χ0n) is 11.4. The highest BCUT2D eigenvalue weighted by atomic mass is 15.0. The van der Waals surface area contributed by atoms with Gasteiger partial charge in [0.05, 0.1) is 12.5 Å². The molecular weight excluding hydrogens is 244 g/mol. The van der Waals surface area contributed by atoms with Crippen LogP contribution in [0.1, 0.15) is 29.2 Å². The van der Waals surface area contributed by atoms with E-state index in [2.05, 4.69) is 47.8 Å². The van der Waals surface area contributed by atoms with Crippen LogP contribution in [0.15, 0.2) is 54.6 Å². The van der Waals surface area contributed by atoms with Crippen molar-refractivity contribution in [1.82, 2.24) is 5.32 Å². The number of nitriles is 1. The molecule has 0 saturated carbocycles. The largest absolute Gasteiger partial charge is 0.306 e. The summed E-state index contributed by atoms with van der Waals surface area (Å²) < 4.78 is 0. The average Bonchev–Trinajstić information content (AvgIpc) is 2.90. The van der Waals surface area contributed by atoms with Crippen molar-refractivity contribution < 1.29 is 0 Å².